The molecule has 0 unspecified atom stereocenters. The molecule has 4 heteroatoms. The highest BCUT2D eigenvalue weighted by molar-refractivity contribution is 5.85. The van der Waals surface area contributed by atoms with Gasteiger partial charge in [-0.25, -0.2) is 0 Å². The molecule has 0 heterocycles. The number of rotatable bonds is 9. The molecule has 122 valence electrons. The average molecular weight is 313 g/mol. The topological polar surface area (TPSA) is 61.5 Å². The van der Waals surface area contributed by atoms with E-state index < -0.39 is 6.04 Å². The Kier molecular flexibility index (Phi) is 6.94. The van der Waals surface area contributed by atoms with E-state index in [4.69, 9.17) is 15.2 Å². The van der Waals surface area contributed by atoms with Crippen molar-refractivity contribution in [3.63, 3.8) is 0 Å². The summed E-state index contributed by atoms with van der Waals surface area (Å²) in [5.74, 6) is -0.151. The number of hydrogen-bond donors (Lipinski definition) is 1. The van der Waals surface area contributed by atoms with Crippen molar-refractivity contribution in [3.8, 4) is 0 Å². The van der Waals surface area contributed by atoms with Crippen molar-refractivity contribution < 1.29 is 14.3 Å². The fraction of sp³-hybridized carbons (Fsp3) is 0.316. The zero-order valence-electron chi connectivity index (χ0n) is 13.4. The summed E-state index contributed by atoms with van der Waals surface area (Å²) in [6.07, 6.45) is -0.358. The van der Waals surface area contributed by atoms with Gasteiger partial charge in [0.2, 0.25) is 0 Å². The van der Waals surface area contributed by atoms with E-state index in [9.17, 15) is 4.79 Å². The first kappa shape index (κ1) is 17.3. The minimum absolute atomic E-state index is 0.00486. The number of carbonyl (C=O) groups excluding carboxylic acids is 1. The lowest BCUT2D eigenvalue weighted by molar-refractivity contribution is -0.128. The normalized spacial score (nSPS) is 13.5. The van der Waals surface area contributed by atoms with E-state index in [-0.39, 0.29) is 18.5 Å². The van der Waals surface area contributed by atoms with Gasteiger partial charge in [-0.3, -0.25) is 4.79 Å². The van der Waals surface area contributed by atoms with Crippen LogP contribution in [-0.4, -0.2) is 24.5 Å². The predicted molar refractivity (Wildman–Crippen MR) is 89.8 cm³/mol. The minimum atomic E-state index is -0.686. The van der Waals surface area contributed by atoms with Crippen molar-refractivity contribution in [2.24, 2.45) is 5.73 Å². The van der Waals surface area contributed by atoms with Gasteiger partial charge >= 0.3 is 0 Å². The molecule has 0 radical (unpaired) electrons. The Balaban J connectivity index is 1.70. The van der Waals surface area contributed by atoms with Crippen molar-refractivity contribution in [3.05, 3.63) is 71.8 Å². The van der Waals surface area contributed by atoms with Gasteiger partial charge in [0.15, 0.2) is 5.78 Å². The van der Waals surface area contributed by atoms with E-state index >= 15 is 0 Å². The lowest BCUT2D eigenvalue weighted by Crippen LogP contribution is -2.43. The first-order valence-electron chi connectivity index (χ1n) is 7.72. The molecule has 0 saturated heterocycles. The third-order valence-corrected chi connectivity index (χ3v) is 3.59. The summed E-state index contributed by atoms with van der Waals surface area (Å²) < 4.78 is 11.1. The SMILES string of the molecule is C[C@@H](OCc1ccccc1)[C@H](N)C(=O)COCc1ccccc1. The Hall–Kier alpha value is -2.01. The van der Waals surface area contributed by atoms with Gasteiger partial charge in [0, 0.05) is 0 Å². The molecule has 0 aromatic heterocycles. The second-order valence-corrected chi connectivity index (χ2v) is 5.47. The summed E-state index contributed by atoms with van der Waals surface area (Å²) in [5, 5.41) is 0. The maximum Gasteiger partial charge on any atom is 0.177 e. The Morgan fingerprint density at radius 2 is 1.48 bits per heavy atom. The van der Waals surface area contributed by atoms with Crippen molar-refractivity contribution in [1.82, 2.24) is 0 Å². The molecule has 4 nitrogen and oxygen atoms in total. The Bertz CT molecular complexity index is 586. The van der Waals surface area contributed by atoms with Crippen LogP contribution in [0.25, 0.3) is 0 Å². The van der Waals surface area contributed by atoms with Crippen LogP contribution in [0.2, 0.25) is 0 Å². The molecule has 0 saturated carbocycles. The molecule has 2 rings (SSSR count). The van der Waals surface area contributed by atoms with Gasteiger partial charge in [0.25, 0.3) is 0 Å². The lowest BCUT2D eigenvalue weighted by Gasteiger charge is -2.19. The molecule has 0 aliphatic heterocycles. The fourth-order valence-corrected chi connectivity index (χ4v) is 2.11. The first-order valence-corrected chi connectivity index (χ1v) is 7.72. The molecule has 0 aliphatic rings. The van der Waals surface area contributed by atoms with E-state index in [1.807, 2.05) is 67.6 Å². The minimum Gasteiger partial charge on any atom is -0.372 e. The van der Waals surface area contributed by atoms with Gasteiger partial charge in [-0.1, -0.05) is 60.7 Å². The van der Waals surface area contributed by atoms with Gasteiger partial charge in [-0.05, 0) is 18.1 Å². The summed E-state index contributed by atoms with van der Waals surface area (Å²) in [6.45, 7) is 2.64. The number of ether oxygens (including phenoxy) is 2. The van der Waals surface area contributed by atoms with Gasteiger partial charge in [-0.15, -0.1) is 0 Å². The van der Waals surface area contributed by atoms with Crippen LogP contribution in [-0.2, 0) is 27.5 Å². The van der Waals surface area contributed by atoms with E-state index in [0.717, 1.165) is 11.1 Å². The second-order valence-electron chi connectivity index (χ2n) is 5.47. The Labute approximate surface area is 137 Å². The highest BCUT2D eigenvalue weighted by Crippen LogP contribution is 2.06. The third-order valence-electron chi connectivity index (χ3n) is 3.59. The van der Waals surface area contributed by atoms with Crippen LogP contribution in [0.4, 0.5) is 0 Å². The Morgan fingerprint density at radius 1 is 0.957 bits per heavy atom. The summed E-state index contributed by atoms with van der Waals surface area (Å²) in [5.41, 5.74) is 8.03. The Morgan fingerprint density at radius 3 is 2.04 bits per heavy atom. The molecule has 0 spiro atoms. The molecule has 2 aromatic rings. The summed E-state index contributed by atoms with van der Waals surface area (Å²) in [6, 6.07) is 18.8. The van der Waals surface area contributed by atoms with E-state index in [1.165, 1.54) is 0 Å². The van der Waals surface area contributed by atoms with Crippen molar-refractivity contribution in [1.29, 1.82) is 0 Å². The number of hydrogen-bond acceptors (Lipinski definition) is 4. The number of ketones is 1. The molecule has 0 aliphatic carbocycles. The molecule has 23 heavy (non-hydrogen) atoms. The van der Waals surface area contributed by atoms with E-state index in [0.29, 0.717) is 13.2 Å². The van der Waals surface area contributed by atoms with Gasteiger partial charge in [0.05, 0.1) is 25.4 Å². The number of Topliss-reactive ketones (excluding diaryl/α,β-unsaturated/α-hetero) is 1. The molecule has 0 fully saturated rings. The molecule has 2 N–H and O–H groups in total. The van der Waals surface area contributed by atoms with E-state index in [2.05, 4.69) is 0 Å². The van der Waals surface area contributed by atoms with Crippen LogP contribution in [0.1, 0.15) is 18.1 Å². The molecule has 2 aromatic carbocycles. The van der Waals surface area contributed by atoms with E-state index in [1.54, 1.807) is 0 Å². The van der Waals surface area contributed by atoms with Crippen LogP contribution in [0.3, 0.4) is 0 Å². The van der Waals surface area contributed by atoms with Gasteiger partial charge in [0.1, 0.15) is 6.61 Å². The number of carbonyl (C=O) groups is 1. The highest BCUT2D eigenvalue weighted by Gasteiger charge is 2.21. The maximum atomic E-state index is 12.1. The quantitative estimate of drug-likeness (QED) is 0.773. The van der Waals surface area contributed by atoms with Crippen molar-refractivity contribution >= 4 is 5.78 Å². The summed E-state index contributed by atoms with van der Waals surface area (Å²) in [7, 11) is 0. The molecule has 0 amide bonds. The highest BCUT2D eigenvalue weighted by atomic mass is 16.5. The monoisotopic (exact) mass is 313 g/mol. The average Bonchev–Trinajstić information content (AvgIpc) is 2.60. The van der Waals surface area contributed by atoms with Crippen molar-refractivity contribution in [2.45, 2.75) is 32.3 Å². The predicted octanol–water partition coefficient (Wildman–Crippen LogP) is 2.70. The smallest absolute Gasteiger partial charge is 0.177 e. The van der Waals surface area contributed by atoms with Crippen LogP contribution < -0.4 is 5.73 Å². The fourth-order valence-electron chi connectivity index (χ4n) is 2.11. The largest absolute Gasteiger partial charge is 0.372 e. The summed E-state index contributed by atoms with van der Waals surface area (Å²) >= 11 is 0. The zero-order valence-corrected chi connectivity index (χ0v) is 13.4. The van der Waals surface area contributed by atoms with Crippen LogP contribution >= 0.6 is 0 Å². The lowest BCUT2D eigenvalue weighted by atomic mass is 10.1. The maximum absolute atomic E-state index is 12.1. The van der Waals surface area contributed by atoms with Crippen LogP contribution in [0, 0.1) is 0 Å². The van der Waals surface area contributed by atoms with Gasteiger partial charge < -0.3 is 15.2 Å². The third kappa shape index (κ3) is 5.94. The number of nitrogens with two attached hydrogens (primary N) is 1. The van der Waals surface area contributed by atoms with Crippen molar-refractivity contribution in [2.75, 3.05) is 6.61 Å². The summed E-state index contributed by atoms with van der Waals surface area (Å²) in [4.78, 5) is 12.1. The number of benzene rings is 2. The molecule has 2 atom stereocenters. The van der Waals surface area contributed by atoms with Crippen LogP contribution in [0.15, 0.2) is 60.7 Å². The molecular formula is C19H23NO3. The molecule has 0 bridgehead atoms. The van der Waals surface area contributed by atoms with Gasteiger partial charge in [-0.2, -0.15) is 0 Å². The first-order chi connectivity index (χ1) is 11.2. The zero-order chi connectivity index (χ0) is 16.5. The second kappa shape index (κ2) is 9.20. The molecular weight excluding hydrogens is 290 g/mol. The standard InChI is InChI=1S/C19H23NO3/c1-15(23-13-17-10-6-3-7-11-17)19(20)18(21)14-22-12-16-8-4-2-5-9-16/h2-11,15,19H,12-14,20H2,1H3/t15-,19+/m1/s1. The van der Waals surface area contributed by atoms with Crippen LogP contribution in [0.5, 0.6) is 0 Å².